The lowest BCUT2D eigenvalue weighted by Gasteiger charge is -2.32. The number of hydrogen-bond donors (Lipinski definition) is 1. The average molecular weight is 357 g/mol. The van der Waals surface area contributed by atoms with E-state index in [9.17, 15) is 12.8 Å². The highest BCUT2D eigenvalue weighted by Gasteiger charge is 2.31. The van der Waals surface area contributed by atoms with Crippen LogP contribution in [0.1, 0.15) is 19.3 Å². The van der Waals surface area contributed by atoms with Gasteiger partial charge in [-0.1, -0.05) is 11.6 Å². The molecule has 0 aliphatic carbocycles. The Morgan fingerprint density at radius 2 is 2.14 bits per heavy atom. The fourth-order valence-electron chi connectivity index (χ4n) is 2.53. The number of sulfonamides is 1. The molecule has 1 atom stereocenters. The van der Waals surface area contributed by atoms with Crippen molar-refractivity contribution in [3.63, 3.8) is 0 Å². The summed E-state index contributed by atoms with van der Waals surface area (Å²) in [5.41, 5.74) is 5.53. The van der Waals surface area contributed by atoms with Crippen LogP contribution in [-0.2, 0) is 10.0 Å². The third-order valence-electron chi connectivity index (χ3n) is 3.57. The summed E-state index contributed by atoms with van der Waals surface area (Å²) in [5.74, 6) is -0.348. The molecular weight excluding hydrogens is 338 g/mol. The molecule has 0 amide bonds. The van der Waals surface area contributed by atoms with Gasteiger partial charge in [0.05, 0.1) is 5.02 Å². The summed E-state index contributed by atoms with van der Waals surface area (Å²) in [4.78, 5) is -0.160. The average Bonchev–Trinajstić information content (AvgIpc) is 2.42. The molecule has 0 bridgehead atoms. The van der Waals surface area contributed by atoms with Crippen molar-refractivity contribution in [1.82, 2.24) is 4.31 Å². The van der Waals surface area contributed by atoms with Gasteiger partial charge in [0.1, 0.15) is 10.7 Å². The van der Waals surface area contributed by atoms with Crippen LogP contribution in [0.4, 0.5) is 4.39 Å². The van der Waals surface area contributed by atoms with E-state index in [0.717, 1.165) is 31.4 Å². The van der Waals surface area contributed by atoms with Gasteiger partial charge in [0.25, 0.3) is 0 Å². The maximum atomic E-state index is 13.3. The Kier molecular flexibility index (Phi) is 6.87. The monoisotopic (exact) mass is 356 g/mol. The van der Waals surface area contributed by atoms with Crippen LogP contribution in [-0.4, -0.2) is 32.4 Å². The Morgan fingerprint density at radius 1 is 1.43 bits per heavy atom. The molecule has 1 fully saturated rings. The summed E-state index contributed by atoms with van der Waals surface area (Å²) in [6, 6.07) is 3.39. The van der Waals surface area contributed by atoms with E-state index in [1.807, 2.05) is 0 Å². The summed E-state index contributed by atoms with van der Waals surface area (Å²) >= 11 is 5.91. The van der Waals surface area contributed by atoms with Gasteiger partial charge in [-0.05, 0) is 49.9 Å². The summed E-state index contributed by atoms with van der Waals surface area (Å²) in [7, 11) is -3.75. The second-order valence-corrected chi connectivity index (χ2v) is 7.34. The first-order chi connectivity index (χ1) is 9.45. The maximum absolute atomic E-state index is 13.3. The van der Waals surface area contributed by atoms with E-state index < -0.39 is 15.8 Å². The van der Waals surface area contributed by atoms with Crippen molar-refractivity contribution >= 4 is 34.0 Å². The fraction of sp³-hybridized carbons (Fsp3) is 0.538. The first-order valence-electron chi connectivity index (χ1n) is 6.60. The second kappa shape index (κ2) is 7.74. The topological polar surface area (TPSA) is 63.4 Å². The zero-order valence-electron chi connectivity index (χ0n) is 11.5. The molecule has 120 valence electrons. The number of hydrogen-bond acceptors (Lipinski definition) is 3. The Labute approximate surface area is 135 Å². The van der Waals surface area contributed by atoms with Crippen LogP contribution < -0.4 is 5.73 Å². The van der Waals surface area contributed by atoms with Crippen molar-refractivity contribution < 1.29 is 12.8 Å². The molecule has 1 unspecified atom stereocenters. The van der Waals surface area contributed by atoms with Crippen molar-refractivity contribution in [2.75, 3.05) is 19.6 Å². The molecule has 2 N–H and O–H groups in total. The Balaban J connectivity index is 0.00000220. The standard InChI is InChI=1S/C13H18ClFN2O2S.ClH/c14-12-4-3-11(15)8-13(12)20(18,19)17-7-1-2-10(9-17)5-6-16;/h3-4,8,10H,1-2,5-7,9,16H2;1H. The normalized spacial score (nSPS) is 20.0. The predicted molar refractivity (Wildman–Crippen MR) is 83.8 cm³/mol. The minimum atomic E-state index is -3.75. The molecule has 1 aliphatic heterocycles. The first-order valence-corrected chi connectivity index (χ1v) is 8.42. The quantitative estimate of drug-likeness (QED) is 0.901. The Hall–Kier alpha value is -0.400. The van der Waals surface area contributed by atoms with Crippen molar-refractivity contribution in [2.24, 2.45) is 11.7 Å². The smallest absolute Gasteiger partial charge is 0.244 e. The van der Waals surface area contributed by atoms with Crippen LogP contribution in [0.25, 0.3) is 0 Å². The van der Waals surface area contributed by atoms with E-state index in [0.29, 0.717) is 19.6 Å². The van der Waals surface area contributed by atoms with E-state index in [4.69, 9.17) is 17.3 Å². The SMILES string of the molecule is Cl.NCCC1CCCN(S(=O)(=O)c2cc(F)ccc2Cl)C1. The molecule has 0 radical (unpaired) electrons. The maximum Gasteiger partial charge on any atom is 0.244 e. The van der Waals surface area contributed by atoms with Crippen LogP contribution in [0.3, 0.4) is 0 Å². The molecule has 1 saturated heterocycles. The third kappa shape index (κ3) is 4.29. The van der Waals surface area contributed by atoms with Crippen LogP contribution in [0.2, 0.25) is 5.02 Å². The minimum absolute atomic E-state index is 0. The van der Waals surface area contributed by atoms with Gasteiger partial charge in [0, 0.05) is 13.1 Å². The van der Waals surface area contributed by atoms with Crippen LogP contribution in [0.5, 0.6) is 0 Å². The molecule has 0 saturated carbocycles. The van der Waals surface area contributed by atoms with Crippen molar-refractivity contribution in [3.05, 3.63) is 29.0 Å². The fourth-order valence-corrected chi connectivity index (χ4v) is 4.57. The molecule has 0 spiro atoms. The zero-order chi connectivity index (χ0) is 14.8. The number of halogens is 3. The van der Waals surface area contributed by atoms with Gasteiger partial charge in [0.2, 0.25) is 10.0 Å². The first kappa shape index (κ1) is 18.6. The molecular formula is C13H19Cl2FN2O2S. The number of nitrogens with zero attached hydrogens (tertiary/aromatic N) is 1. The molecule has 1 heterocycles. The summed E-state index contributed by atoms with van der Waals surface area (Å²) in [5, 5.41) is 0.0485. The van der Waals surface area contributed by atoms with Crippen molar-refractivity contribution in [2.45, 2.75) is 24.2 Å². The molecule has 8 heteroatoms. The largest absolute Gasteiger partial charge is 0.330 e. The molecule has 1 aromatic rings. The molecule has 0 aromatic heterocycles. The highest BCUT2D eigenvalue weighted by atomic mass is 35.5. The lowest BCUT2D eigenvalue weighted by atomic mass is 9.96. The Bertz CT molecular complexity index is 582. The molecule has 1 aromatic carbocycles. The zero-order valence-corrected chi connectivity index (χ0v) is 13.9. The van der Waals surface area contributed by atoms with E-state index in [1.54, 1.807) is 0 Å². The highest BCUT2D eigenvalue weighted by Crippen LogP contribution is 2.29. The highest BCUT2D eigenvalue weighted by molar-refractivity contribution is 7.89. The van der Waals surface area contributed by atoms with E-state index in [-0.39, 0.29) is 28.2 Å². The molecule has 2 rings (SSSR count). The van der Waals surface area contributed by atoms with Gasteiger partial charge in [-0.15, -0.1) is 12.4 Å². The molecule has 21 heavy (non-hydrogen) atoms. The van der Waals surface area contributed by atoms with Crippen LogP contribution in [0.15, 0.2) is 23.1 Å². The predicted octanol–water partition coefficient (Wildman–Crippen LogP) is 2.65. The van der Waals surface area contributed by atoms with E-state index >= 15 is 0 Å². The van der Waals surface area contributed by atoms with Crippen molar-refractivity contribution in [1.29, 1.82) is 0 Å². The number of rotatable bonds is 4. The van der Waals surface area contributed by atoms with Crippen molar-refractivity contribution in [3.8, 4) is 0 Å². The number of piperidine rings is 1. The summed E-state index contributed by atoms with van der Waals surface area (Å²) in [6.45, 7) is 1.40. The lowest BCUT2D eigenvalue weighted by Crippen LogP contribution is -2.40. The van der Waals surface area contributed by atoms with Crippen LogP contribution >= 0.6 is 24.0 Å². The van der Waals surface area contributed by atoms with Gasteiger partial charge in [-0.2, -0.15) is 4.31 Å². The summed E-state index contributed by atoms with van der Waals surface area (Å²) < 4.78 is 39.8. The number of nitrogens with two attached hydrogens (primary N) is 1. The third-order valence-corrected chi connectivity index (χ3v) is 5.91. The second-order valence-electron chi connectivity index (χ2n) is 5.02. The van der Waals surface area contributed by atoms with Gasteiger partial charge >= 0.3 is 0 Å². The van der Waals surface area contributed by atoms with Crippen LogP contribution in [0, 0.1) is 11.7 Å². The van der Waals surface area contributed by atoms with E-state index in [1.165, 1.54) is 10.4 Å². The van der Waals surface area contributed by atoms with Gasteiger partial charge in [0.15, 0.2) is 0 Å². The van der Waals surface area contributed by atoms with Gasteiger partial charge in [-0.3, -0.25) is 0 Å². The lowest BCUT2D eigenvalue weighted by molar-refractivity contribution is 0.258. The Morgan fingerprint density at radius 3 is 2.81 bits per heavy atom. The molecule has 1 aliphatic rings. The van der Waals surface area contributed by atoms with E-state index in [2.05, 4.69) is 0 Å². The van der Waals surface area contributed by atoms with Gasteiger partial charge < -0.3 is 5.73 Å². The van der Waals surface area contributed by atoms with Gasteiger partial charge in [-0.25, -0.2) is 12.8 Å². The number of benzene rings is 1. The minimum Gasteiger partial charge on any atom is -0.330 e. The molecule has 4 nitrogen and oxygen atoms in total. The summed E-state index contributed by atoms with van der Waals surface area (Å²) in [6.07, 6.45) is 2.56.